The summed E-state index contributed by atoms with van der Waals surface area (Å²) in [5.74, 6) is -5.49. The van der Waals surface area contributed by atoms with Gasteiger partial charge in [-0.15, -0.1) is 0 Å². The molecule has 0 heterocycles. The molecule has 0 aromatic heterocycles. The number of carboxylic acids is 1. The lowest BCUT2D eigenvalue weighted by molar-refractivity contribution is -0.196. The van der Waals surface area contributed by atoms with E-state index in [1.807, 2.05) is 0 Å². The Kier molecular flexibility index (Phi) is 8.70. The maximum absolute atomic E-state index is 14.2. The summed E-state index contributed by atoms with van der Waals surface area (Å²) in [4.78, 5) is 26.4. The third-order valence-corrected chi connectivity index (χ3v) is 7.22. The van der Waals surface area contributed by atoms with E-state index in [0.29, 0.717) is 12.8 Å². The van der Waals surface area contributed by atoms with Crippen LogP contribution in [-0.2, 0) is 0 Å². The van der Waals surface area contributed by atoms with Crippen molar-refractivity contribution in [1.29, 1.82) is 0 Å². The highest BCUT2D eigenvalue weighted by atomic mass is 19.1. The predicted octanol–water partition coefficient (Wildman–Crippen LogP) is 6.41. The zero-order valence-electron chi connectivity index (χ0n) is 22.3. The van der Waals surface area contributed by atoms with E-state index in [0.717, 1.165) is 37.5 Å². The summed E-state index contributed by atoms with van der Waals surface area (Å²) in [6.07, 6.45) is 4.16. The normalized spacial score (nSPS) is 14.2. The van der Waals surface area contributed by atoms with Crippen molar-refractivity contribution in [2.24, 2.45) is 5.92 Å². The van der Waals surface area contributed by atoms with Crippen molar-refractivity contribution in [1.82, 2.24) is 0 Å². The highest BCUT2D eigenvalue weighted by molar-refractivity contribution is 6.03. The molecule has 1 aliphatic carbocycles. The van der Waals surface area contributed by atoms with Gasteiger partial charge in [-0.25, -0.2) is 18.4 Å². The lowest BCUT2D eigenvalue weighted by Gasteiger charge is -2.46. The zero-order chi connectivity index (χ0) is 29.0. The number of carboxylic acid groups (broad SMARTS) is 1. The number of nitrogens with one attached hydrogen (secondary N) is 2. The van der Waals surface area contributed by atoms with Gasteiger partial charge in [0.15, 0.2) is 0 Å². The molecule has 40 heavy (non-hydrogen) atoms. The molecule has 1 aliphatic rings. The number of urea groups is 1. The first-order chi connectivity index (χ1) is 19.0. The predicted molar refractivity (Wildman–Crippen MR) is 149 cm³/mol. The van der Waals surface area contributed by atoms with E-state index < -0.39 is 35.5 Å². The molecule has 0 radical (unpaired) electrons. The molecule has 5 N–H and O–H groups in total. The van der Waals surface area contributed by atoms with E-state index in [-0.39, 0.29) is 39.8 Å². The molecule has 0 bridgehead atoms. The number of carbonyl (C=O) groups is 2. The third-order valence-electron chi connectivity index (χ3n) is 7.22. The van der Waals surface area contributed by atoms with E-state index >= 15 is 0 Å². The molecule has 0 saturated heterocycles. The Labute approximate surface area is 231 Å². The molecule has 8 nitrogen and oxygen atoms in total. The van der Waals surface area contributed by atoms with E-state index in [1.165, 1.54) is 29.2 Å². The molecule has 0 spiro atoms. The summed E-state index contributed by atoms with van der Waals surface area (Å²) < 4.78 is 28.4. The summed E-state index contributed by atoms with van der Waals surface area (Å²) in [6, 6.07) is 12.4. The first kappa shape index (κ1) is 29.0. The van der Waals surface area contributed by atoms with Crippen LogP contribution >= 0.6 is 0 Å². The highest BCUT2D eigenvalue weighted by Gasteiger charge is 2.41. The quantitative estimate of drug-likeness (QED) is 0.206. The standard InChI is InChI=1S/C30H33F2N3O5/c1-18(2)30(39,40)35(21-8-4-3-5-9-21)27-15-12-19(23-17-20(31)13-14-22(23)28(36)37)16-26(27)34-29(38)33-25-11-7-6-10-24(25)32/h6-7,10-18,21,39-40H,3-5,8-9H2,1-2H3,(H,36,37)(H2,33,34,38). The Morgan fingerprint density at radius 2 is 1.60 bits per heavy atom. The summed E-state index contributed by atoms with van der Waals surface area (Å²) in [5, 5.41) is 37.4. The number of aliphatic hydroxyl groups is 2. The third kappa shape index (κ3) is 6.24. The molecule has 10 heteroatoms. The lowest BCUT2D eigenvalue weighted by Crippen LogP contribution is -2.58. The second kappa shape index (κ2) is 12.0. The maximum Gasteiger partial charge on any atom is 0.336 e. The molecular formula is C30H33F2N3O5. The van der Waals surface area contributed by atoms with Crippen molar-refractivity contribution in [3.05, 3.63) is 77.9 Å². The number of hydrogen-bond donors (Lipinski definition) is 5. The number of anilines is 3. The van der Waals surface area contributed by atoms with Crippen LogP contribution in [-0.4, -0.2) is 39.3 Å². The lowest BCUT2D eigenvalue weighted by atomic mass is 9.91. The van der Waals surface area contributed by atoms with Crippen molar-refractivity contribution < 1.29 is 33.7 Å². The van der Waals surface area contributed by atoms with Crippen LogP contribution in [0.15, 0.2) is 60.7 Å². The highest BCUT2D eigenvalue weighted by Crippen LogP contribution is 2.41. The Bertz CT molecular complexity index is 1390. The Hall–Kier alpha value is -4.02. The monoisotopic (exact) mass is 553 g/mol. The Balaban J connectivity index is 1.85. The van der Waals surface area contributed by atoms with Gasteiger partial charge in [-0.05, 0) is 66.4 Å². The number of nitrogens with zero attached hydrogens (tertiary/aromatic N) is 1. The summed E-state index contributed by atoms with van der Waals surface area (Å²) in [6.45, 7) is 3.32. The first-order valence-electron chi connectivity index (χ1n) is 13.2. The minimum atomic E-state index is -2.30. The average Bonchev–Trinajstić information content (AvgIpc) is 2.91. The van der Waals surface area contributed by atoms with Crippen molar-refractivity contribution >= 4 is 29.1 Å². The van der Waals surface area contributed by atoms with E-state index in [4.69, 9.17) is 0 Å². The number of para-hydroxylation sites is 1. The van der Waals surface area contributed by atoms with Gasteiger partial charge in [0.05, 0.1) is 22.6 Å². The average molecular weight is 554 g/mol. The minimum absolute atomic E-state index is 0.0685. The SMILES string of the molecule is CC(C)C(O)(O)N(c1ccc(-c2cc(F)ccc2C(=O)O)cc1NC(=O)Nc1ccccc1F)C1CCCCC1. The van der Waals surface area contributed by atoms with Gasteiger partial charge in [-0.3, -0.25) is 0 Å². The van der Waals surface area contributed by atoms with E-state index in [9.17, 15) is 33.7 Å². The second-order valence-corrected chi connectivity index (χ2v) is 10.3. The second-order valence-electron chi connectivity index (χ2n) is 10.3. The molecule has 3 aromatic carbocycles. The van der Waals surface area contributed by atoms with Crippen LogP contribution in [0.25, 0.3) is 11.1 Å². The smallest absolute Gasteiger partial charge is 0.336 e. The molecule has 3 aromatic rings. The van der Waals surface area contributed by atoms with Crippen molar-refractivity contribution in [2.45, 2.75) is 57.9 Å². The number of rotatable bonds is 8. The van der Waals surface area contributed by atoms with Gasteiger partial charge < -0.3 is 30.9 Å². The van der Waals surface area contributed by atoms with Gasteiger partial charge in [0.25, 0.3) is 0 Å². The molecule has 0 aliphatic heterocycles. The van der Waals surface area contributed by atoms with Crippen LogP contribution in [0.3, 0.4) is 0 Å². The van der Waals surface area contributed by atoms with E-state index in [2.05, 4.69) is 10.6 Å². The summed E-state index contributed by atoms with van der Waals surface area (Å²) in [7, 11) is 0. The van der Waals surface area contributed by atoms with Crippen LogP contribution in [0.2, 0.25) is 0 Å². The fourth-order valence-electron chi connectivity index (χ4n) is 5.05. The molecular weight excluding hydrogens is 520 g/mol. The van der Waals surface area contributed by atoms with Crippen LogP contribution < -0.4 is 15.5 Å². The molecule has 0 unspecified atom stereocenters. The van der Waals surface area contributed by atoms with Gasteiger partial charge in [0, 0.05) is 12.0 Å². The fraction of sp³-hybridized carbons (Fsp3) is 0.333. The zero-order valence-corrected chi connectivity index (χ0v) is 22.3. The van der Waals surface area contributed by atoms with Gasteiger partial charge in [-0.2, -0.15) is 0 Å². The molecule has 212 valence electrons. The van der Waals surface area contributed by atoms with E-state index in [1.54, 1.807) is 32.0 Å². The summed E-state index contributed by atoms with van der Waals surface area (Å²) in [5.41, 5.74) is 0.499. The number of benzene rings is 3. The molecule has 1 saturated carbocycles. The van der Waals surface area contributed by atoms with Crippen LogP contribution in [0, 0.1) is 17.6 Å². The Morgan fingerprint density at radius 1 is 0.925 bits per heavy atom. The van der Waals surface area contributed by atoms with Crippen LogP contribution in [0.4, 0.5) is 30.6 Å². The number of hydrogen-bond acceptors (Lipinski definition) is 5. The van der Waals surface area contributed by atoms with Crippen molar-refractivity contribution in [3.63, 3.8) is 0 Å². The fourth-order valence-corrected chi connectivity index (χ4v) is 5.05. The molecule has 1 fully saturated rings. The van der Waals surface area contributed by atoms with Gasteiger partial charge in [0.2, 0.25) is 5.91 Å². The molecule has 0 atom stereocenters. The minimum Gasteiger partial charge on any atom is -0.478 e. The molecule has 4 rings (SSSR count). The largest absolute Gasteiger partial charge is 0.478 e. The van der Waals surface area contributed by atoms with Crippen LogP contribution in [0.5, 0.6) is 0 Å². The van der Waals surface area contributed by atoms with Gasteiger partial charge >= 0.3 is 12.0 Å². The number of halogens is 2. The number of aromatic carboxylic acids is 1. The van der Waals surface area contributed by atoms with Crippen molar-refractivity contribution in [3.8, 4) is 11.1 Å². The molecule has 2 amide bonds. The first-order valence-corrected chi connectivity index (χ1v) is 13.2. The number of amides is 2. The van der Waals surface area contributed by atoms with Gasteiger partial charge in [-0.1, -0.05) is 51.3 Å². The summed E-state index contributed by atoms with van der Waals surface area (Å²) >= 11 is 0. The number of carbonyl (C=O) groups excluding carboxylic acids is 1. The van der Waals surface area contributed by atoms with Crippen molar-refractivity contribution in [2.75, 3.05) is 15.5 Å². The van der Waals surface area contributed by atoms with Crippen LogP contribution in [0.1, 0.15) is 56.3 Å². The topological polar surface area (TPSA) is 122 Å². The maximum atomic E-state index is 14.2. The van der Waals surface area contributed by atoms with Gasteiger partial charge in [0.1, 0.15) is 11.6 Å². The Morgan fingerprint density at radius 3 is 2.25 bits per heavy atom.